The smallest absolute Gasteiger partial charge is 0.293 e. The van der Waals surface area contributed by atoms with Crippen LogP contribution in [0.3, 0.4) is 0 Å². The number of hydrogen-bond acceptors (Lipinski definition) is 4. The number of nitrogens with one attached hydrogen (secondary N) is 1. The molecule has 0 saturated carbocycles. The molecule has 0 radical (unpaired) electrons. The number of nitrogens with zero attached hydrogens (tertiary/aromatic N) is 3. The lowest BCUT2D eigenvalue weighted by Crippen LogP contribution is -2.02. The summed E-state index contributed by atoms with van der Waals surface area (Å²) in [5.41, 5.74) is 1.21. The molecule has 0 saturated heterocycles. The molecule has 2 rings (SSSR count). The summed E-state index contributed by atoms with van der Waals surface area (Å²) < 4.78 is 1.66. The second-order valence-electron chi connectivity index (χ2n) is 3.77. The molecule has 0 fully saturated rings. The van der Waals surface area contributed by atoms with Crippen molar-refractivity contribution in [2.45, 2.75) is 6.54 Å². The summed E-state index contributed by atoms with van der Waals surface area (Å²) in [5.74, 6) is 0. The molecule has 1 heterocycles. The zero-order chi connectivity index (χ0) is 13.1. The number of aryl methyl sites for hydroxylation is 1. The molecule has 1 aromatic carbocycles. The molecule has 7 heteroatoms. The Bertz CT molecular complexity index is 582. The number of anilines is 1. The van der Waals surface area contributed by atoms with Gasteiger partial charge in [-0.3, -0.25) is 14.8 Å². The summed E-state index contributed by atoms with van der Waals surface area (Å²) in [6.07, 6.45) is 3.52. The molecule has 0 aliphatic carbocycles. The Kier molecular flexibility index (Phi) is 3.47. The zero-order valence-electron chi connectivity index (χ0n) is 9.63. The van der Waals surface area contributed by atoms with Gasteiger partial charge in [-0.05, 0) is 6.07 Å². The highest BCUT2D eigenvalue weighted by molar-refractivity contribution is 6.33. The first kappa shape index (κ1) is 12.4. The number of nitro benzene ring substituents is 1. The van der Waals surface area contributed by atoms with Crippen LogP contribution in [0.25, 0.3) is 0 Å². The fourth-order valence-electron chi connectivity index (χ4n) is 1.59. The molecular weight excluding hydrogens is 256 g/mol. The molecule has 0 unspecified atom stereocenters. The van der Waals surface area contributed by atoms with Gasteiger partial charge < -0.3 is 5.32 Å². The van der Waals surface area contributed by atoms with Crippen molar-refractivity contribution in [1.82, 2.24) is 9.78 Å². The monoisotopic (exact) mass is 266 g/mol. The van der Waals surface area contributed by atoms with Crippen molar-refractivity contribution < 1.29 is 4.92 Å². The fraction of sp³-hybridized carbons (Fsp3) is 0.182. The minimum atomic E-state index is -0.461. The quantitative estimate of drug-likeness (QED) is 0.682. The number of benzene rings is 1. The number of hydrogen-bond donors (Lipinski definition) is 1. The van der Waals surface area contributed by atoms with Gasteiger partial charge in [-0.25, -0.2) is 0 Å². The molecular formula is C11H11ClN4O2. The molecule has 0 spiro atoms. The number of para-hydroxylation sites is 1. The van der Waals surface area contributed by atoms with Crippen molar-refractivity contribution in [2.24, 2.45) is 7.05 Å². The lowest BCUT2D eigenvalue weighted by Gasteiger charge is -2.07. The van der Waals surface area contributed by atoms with Crippen molar-refractivity contribution in [2.75, 3.05) is 5.32 Å². The molecule has 18 heavy (non-hydrogen) atoms. The van der Waals surface area contributed by atoms with Gasteiger partial charge in [0.15, 0.2) is 0 Å². The number of aromatic nitrogens is 2. The summed E-state index contributed by atoms with van der Waals surface area (Å²) in [6.45, 7) is 0.429. The van der Waals surface area contributed by atoms with E-state index in [4.69, 9.17) is 11.6 Å². The lowest BCUT2D eigenvalue weighted by atomic mass is 10.2. The van der Waals surface area contributed by atoms with Gasteiger partial charge in [-0.1, -0.05) is 17.7 Å². The first-order valence-corrected chi connectivity index (χ1v) is 5.60. The van der Waals surface area contributed by atoms with Crippen molar-refractivity contribution in [1.29, 1.82) is 0 Å². The van der Waals surface area contributed by atoms with Crippen LogP contribution < -0.4 is 5.32 Å². The van der Waals surface area contributed by atoms with Crippen molar-refractivity contribution in [3.8, 4) is 0 Å². The van der Waals surface area contributed by atoms with E-state index in [2.05, 4.69) is 10.4 Å². The van der Waals surface area contributed by atoms with Crippen LogP contribution in [0.2, 0.25) is 5.02 Å². The van der Waals surface area contributed by atoms with E-state index in [0.29, 0.717) is 17.3 Å². The molecule has 0 bridgehead atoms. The average Bonchev–Trinajstić information content (AvgIpc) is 2.73. The molecule has 0 atom stereocenters. The highest BCUT2D eigenvalue weighted by Crippen LogP contribution is 2.32. The Morgan fingerprint density at radius 2 is 2.33 bits per heavy atom. The molecule has 2 aromatic rings. The maximum absolute atomic E-state index is 10.9. The molecule has 6 nitrogen and oxygen atoms in total. The van der Waals surface area contributed by atoms with Crippen LogP contribution in [0.1, 0.15) is 5.56 Å². The van der Waals surface area contributed by atoms with Crippen LogP contribution >= 0.6 is 11.6 Å². The first-order chi connectivity index (χ1) is 8.58. The van der Waals surface area contributed by atoms with Crippen LogP contribution in [0.5, 0.6) is 0 Å². The van der Waals surface area contributed by atoms with Crippen LogP contribution in [-0.2, 0) is 13.6 Å². The highest BCUT2D eigenvalue weighted by atomic mass is 35.5. The first-order valence-electron chi connectivity index (χ1n) is 5.22. The third-order valence-electron chi connectivity index (χ3n) is 2.42. The van der Waals surface area contributed by atoms with Crippen molar-refractivity contribution in [3.05, 3.63) is 51.3 Å². The Hall–Kier alpha value is -2.08. The van der Waals surface area contributed by atoms with E-state index < -0.39 is 4.92 Å². The molecule has 0 aliphatic rings. The lowest BCUT2D eigenvalue weighted by molar-refractivity contribution is -0.383. The standard InChI is InChI=1S/C11H11ClN4O2/c1-15-7-8(6-14-15)5-13-11-9(12)3-2-4-10(11)16(17)18/h2-4,6-7,13H,5H2,1H3. The van der Waals surface area contributed by atoms with E-state index in [1.807, 2.05) is 6.20 Å². The van der Waals surface area contributed by atoms with Crippen LogP contribution in [0, 0.1) is 10.1 Å². The molecule has 1 N–H and O–H groups in total. The van der Waals surface area contributed by atoms with Gasteiger partial charge in [0, 0.05) is 31.4 Å². The topological polar surface area (TPSA) is 73.0 Å². The van der Waals surface area contributed by atoms with Crippen LogP contribution in [-0.4, -0.2) is 14.7 Å². The maximum atomic E-state index is 10.9. The Morgan fingerprint density at radius 1 is 1.56 bits per heavy atom. The summed E-state index contributed by atoms with van der Waals surface area (Å²) in [5, 5.41) is 18.2. The largest absolute Gasteiger partial charge is 0.374 e. The van der Waals surface area contributed by atoms with Gasteiger partial charge in [0.25, 0.3) is 5.69 Å². The predicted octanol–water partition coefficient (Wildman–Crippen LogP) is 2.59. The summed E-state index contributed by atoms with van der Waals surface area (Å²) in [4.78, 5) is 10.4. The Balaban J connectivity index is 2.20. The summed E-state index contributed by atoms with van der Waals surface area (Å²) >= 11 is 5.96. The van der Waals surface area contributed by atoms with E-state index in [9.17, 15) is 10.1 Å². The van der Waals surface area contributed by atoms with E-state index in [0.717, 1.165) is 5.56 Å². The number of nitro groups is 1. The number of halogens is 1. The maximum Gasteiger partial charge on any atom is 0.293 e. The normalized spacial score (nSPS) is 10.3. The summed E-state index contributed by atoms with van der Waals surface area (Å²) in [6, 6.07) is 4.58. The SMILES string of the molecule is Cn1cc(CNc2c(Cl)cccc2[N+](=O)[O-])cn1. The Morgan fingerprint density at radius 3 is 2.94 bits per heavy atom. The highest BCUT2D eigenvalue weighted by Gasteiger charge is 2.16. The molecule has 0 aliphatic heterocycles. The minimum absolute atomic E-state index is 0.0357. The third-order valence-corrected chi connectivity index (χ3v) is 2.73. The fourth-order valence-corrected chi connectivity index (χ4v) is 1.83. The molecule has 1 aromatic heterocycles. The molecule has 94 valence electrons. The van der Waals surface area contributed by atoms with E-state index in [1.165, 1.54) is 6.07 Å². The Labute approximate surface area is 108 Å². The van der Waals surface area contributed by atoms with Gasteiger partial charge in [0.2, 0.25) is 0 Å². The van der Waals surface area contributed by atoms with Gasteiger partial charge in [0.1, 0.15) is 5.69 Å². The molecule has 0 amide bonds. The van der Waals surface area contributed by atoms with Crippen LogP contribution in [0.15, 0.2) is 30.6 Å². The van der Waals surface area contributed by atoms with Crippen molar-refractivity contribution >= 4 is 23.0 Å². The van der Waals surface area contributed by atoms with Crippen molar-refractivity contribution in [3.63, 3.8) is 0 Å². The van der Waals surface area contributed by atoms with E-state index in [-0.39, 0.29) is 5.69 Å². The van der Waals surface area contributed by atoms with Gasteiger partial charge in [-0.15, -0.1) is 0 Å². The van der Waals surface area contributed by atoms with Gasteiger partial charge in [0.05, 0.1) is 16.1 Å². The second kappa shape index (κ2) is 5.05. The van der Waals surface area contributed by atoms with E-state index >= 15 is 0 Å². The third kappa shape index (κ3) is 2.60. The van der Waals surface area contributed by atoms with Gasteiger partial charge in [-0.2, -0.15) is 5.10 Å². The number of rotatable bonds is 4. The predicted molar refractivity (Wildman–Crippen MR) is 68.6 cm³/mol. The summed E-state index contributed by atoms with van der Waals surface area (Å²) in [7, 11) is 1.81. The van der Waals surface area contributed by atoms with Crippen LogP contribution in [0.4, 0.5) is 11.4 Å². The second-order valence-corrected chi connectivity index (χ2v) is 4.17. The minimum Gasteiger partial charge on any atom is -0.374 e. The zero-order valence-corrected chi connectivity index (χ0v) is 10.4. The van der Waals surface area contributed by atoms with E-state index in [1.54, 1.807) is 30.1 Å². The average molecular weight is 267 g/mol. The van der Waals surface area contributed by atoms with Gasteiger partial charge >= 0.3 is 0 Å².